The molecule has 0 radical (unpaired) electrons. The van der Waals surface area contributed by atoms with Crippen molar-refractivity contribution in [2.24, 2.45) is 0 Å². The van der Waals surface area contributed by atoms with E-state index in [-0.39, 0.29) is 0 Å². The Hall–Kier alpha value is -2.74. The summed E-state index contributed by atoms with van der Waals surface area (Å²) in [5.74, 6) is 0. The highest BCUT2D eigenvalue weighted by atomic mass is 16.3. The van der Waals surface area contributed by atoms with Gasteiger partial charge in [0.25, 0.3) is 0 Å². The van der Waals surface area contributed by atoms with E-state index < -0.39 is 0 Å². The van der Waals surface area contributed by atoms with Crippen LogP contribution in [0, 0.1) is 13.8 Å². The molecule has 4 rings (SSSR count). The summed E-state index contributed by atoms with van der Waals surface area (Å²) in [6.07, 6.45) is 0. The van der Waals surface area contributed by atoms with Crippen molar-refractivity contribution in [1.82, 2.24) is 0 Å². The van der Waals surface area contributed by atoms with Crippen LogP contribution in [0.15, 0.2) is 65.1 Å². The Labute approximate surface area is 135 Å². The van der Waals surface area contributed by atoms with Gasteiger partial charge in [0.1, 0.15) is 5.58 Å². The second kappa shape index (κ2) is 5.47. The average molecular weight is 301 g/mol. The van der Waals surface area contributed by atoms with Crippen LogP contribution in [0.4, 0.5) is 5.69 Å². The topological polar surface area (TPSA) is 25.2 Å². The lowest BCUT2D eigenvalue weighted by Gasteiger charge is -2.10. The van der Waals surface area contributed by atoms with Gasteiger partial charge in [-0.2, -0.15) is 0 Å². The minimum Gasteiger partial charge on any atom is -0.454 e. The minimum atomic E-state index is 0.794. The van der Waals surface area contributed by atoms with E-state index in [1.807, 2.05) is 18.2 Å². The summed E-state index contributed by atoms with van der Waals surface area (Å²) in [7, 11) is 0. The molecule has 3 aromatic carbocycles. The maximum absolute atomic E-state index is 6.06. The summed E-state index contributed by atoms with van der Waals surface area (Å²) in [5, 5.41) is 5.85. The number of anilines is 1. The van der Waals surface area contributed by atoms with Gasteiger partial charge in [0.2, 0.25) is 0 Å². The first-order valence-corrected chi connectivity index (χ1v) is 7.92. The molecule has 1 N–H and O–H groups in total. The van der Waals surface area contributed by atoms with E-state index in [1.54, 1.807) is 0 Å². The van der Waals surface area contributed by atoms with Crippen molar-refractivity contribution in [2.75, 3.05) is 5.32 Å². The number of nitrogens with one attached hydrogen (secondary N) is 1. The van der Waals surface area contributed by atoms with E-state index in [4.69, 9.17) is 4.42 Å². The first kappa shape index (κ1) is 13.9. The van der Waals surface area contributed by atoms with E-state index in [0.717, 1.165) is 34.2 Å². The Morgan fingerprint density at radius 3 is 2.57 bits per heavy atom. The van der Waals surface area contributed by atoms with Gasteiger partial charge < -0.3 is 9.73 Å². The predicted octanol–water partition coefficient (Wildman–Crippen LogP) is 5.81. The quantitative estimate of drug-likeness (QED) is 0.516. The zero-order valence-electron chi connectivity index (χ0n) is 13.4. The molecule has 0 unspecified atom stereocenters. The summed E-state index contributed by atoms with van der Waals surface area (Å²) in [4.78, 5) is 0. The fraction of sp³-hybridized carbons (Fsp3) is 0.143. The van der Waals surface area contributed by atoms with Crippen LogP contribution in [-0.2, 0) is 6.54 Å². The standard InChI is InChI=1S/C21H19NO/c1-14-10-11-16(15(2)12-14)13-22-19-8-5-7-18-17-6-3-4-9-20(17)23-21(18)19/h3-12,22H,13H2,1-2H3. The maximum atomic E-state index is 6.06. The van der Waals surface area contributed by atoms with E-state index in [0.29, 0.717) is 0 Å². The Morgan fingerprint density at radius 2 is 1.70 bits per heavy atom. The van der Waals surface area contributed by atoms with Gasteiger partial charge in [-0.25, -0.2) is 0 Å². The van der Waals surface area contributed by atoms with E-state index >= 15 is 0 Å². The highest BCUT2D eigenvalue weighted by molar-refractivity contribution is 6.08. The molecule has 114 valence electrons. The summed E-state index contributed by atoms with van der Waals surface area (Å²) >= 11 is 0. The molecule has 1 aromatic heterocycles. The van der Waals surface area contributed by atoms with Crippen molar-refractivity contribution in [3.8, 4) is 0 Å². The van der Waals surface area contributed by atoms with Crippen molar-refractivity contribution in [2.45, 2.75) is 20.4 Å². The lowest BCUT2D eigenvalue weighted by molar-refractivity contribution is 0.669. The van der Waals surface area contributed by atoms with Gasteiger partial charge in [-0.15, -0.1) is 0 Å². The molecule has 0 aliphatic carbocycles. The molecule has 0 fully saturated rings. The van der Waals surface area contributed by atoms with Crippen molar-refractivity contribution < 1.29 is 4.42 Å². The molecule has 2 nitrogen and oxygen atoms in total. The Bertz CT molecular complexity index is 997. The number of para-hydroxylation sites is 2. The molecule has 0 aliphatic heterocycles. The van der Waals surface area contributed by atoms with Crippen LogP contribution in [0.1, 0.15) is 16.7 Å². The monoisotopic (exact) mass is 301 g/mol. The molecule has 1 heterocycles. The molecule has 23 heavy (non-hydrogen) atoms. The predicted molar refractivity (Wildman–Crippen MR) is 97.0 cm³/mol. The van der Waals surface area contributed by atoms with Crippen LogP contribution in [0.5, 0.6) is 0 Å². The average Bonchev–Trinajstić information content (AvgIpc) is 2.93. The Balaban J connectivity index is 1.71. The number of aryl methyl sites for hydroxylation is 2. The molecular weight excluding hydrogens is 282 g/mol. The van der Waals surface area contributed by atoms with Gasteiger partial charge in [-0.1, -0.05) is 54.1 Å². The molecule has 4 aromatic rings. The van der Waals surface area contributed by atoms with Crippen molar-refractivity contribution in [3.63, 3.8) is 0 Å². The van der Waals surface area contributed by atoms with Crippen LogP contribution >= 0.6 is 0 Å². The number of furan rings is 1. The van der Waals surface area contributed by atoms with Crippen molar-refractivity contribution in [1.29, 1.82) is 0 Å². The fourth-order valence-corrected chi connectivity index (χ4v) is 3.12. The molecule has 0 atom stereocenters. The highest BCUT2D eigenvalue weighted by Gasteiger charge is 2.10. The zero-order chi connectivity index (χ0) is 15.8. The van der Waals surface area contributed by atoms with Gasteiger partial charge in [0.15, 0.2) is 5.58 Å². The van der Waals surface area contributed by atoms with Crippen LogP contribution in [0.2, 0.25) is 0 Å². The van der Waals surface area contributed by atoms with E-state index in [1.165, 1.54) is 16.7 Å². The van der Waals surface area contributed by atoms with Gasteiger partial charge in [0.05, 0.1) is 5.69 Å². The molecular formula is C21H19NO. The second-order valence-corrected chi connectivity index (χ2v) is 6.06. The minimum absolute atomic E-state index is 0.794. The summed E-state index contributed by atoms with van der Waals surface area (Å²) in [6, 6.07) is 21.0. The Morgan fingerprint density at radius 1 is 0.870 bits per heavy atom. The molecule has 0 saturated heterocycles. The molecule has 0 spiro atoms. The number of rotatable bonds is 3. The highest BCUT2D eigenvalue weighted by Crippen LogP contribution is 2.33. The zero-order valence-corrected chi connectivity index (χ0v) is 13.4. The molecule has 2 heteroatoms. The van der Waals surface area contributed by atoms with Crippen LogP contribution < -0.4 is 5.32 Å². The van der Waals surface area contributed by atoms with Crippen LogP contribution in [-0.4, -0.2) is 0 Å². The molecule has 0 bridgehead atoms. The lowest BCUT2D eigenvalue weighted by Crippen LogP contribution is -2.01. The number of hydrogen-bond donors (Lipinski definition) is 1. The largest absolute Gasteiger partial charge is 0.454 e. The Kier molecular flexibility index (Phi) is 3.30. The molecule has 0 amide bonds. The third-order valence-corrected chi connectivity index (χ3v) is 4.37. The third kappa shape index (κ3) is 2.46. The van der Waals surface area contributed by atoms with E-state index in [2.05, 4.69) is 61.6 Å². The van der Waals surface area contributed by atoms with Gasteiger partial charge in [0, 0.05) is 17.3 Å². The first-order chi connectivity index (χ1) is 11.2. The van der Waals surface area contributed by atoms with Gasteiger partial charge in [-0.3, -0.25) is 0 Å². The van der Waals surface area contributed by atoms with Gasteiger partial charge in [-0.05, 0) is 37.1 Å². The lowest BCUT2D eigenvalue weighted by atomic mass is 10.1. The summed E-state index contributed by atoms with van der Waals surface area (Å²) in [6.45, 7) is 5.08. The maximum Gasteiger partial charge on any atom is 0.158 e. The fourth-order valence-electron chi connectivity index (χ4n) is 3.12. The number of hydrogen-bond acceptors (Lipinski definition) is 2. The van der Waals surface area contributed by atoms with Crippen LogP contribution in [0.25, 0.3) is 21.9 Å². The molecule has 0 aliphatic rings. The smallest absolute Gasteiger partial charge is 0.158 e. The normalized spacial score (nSPS) is 11.2. The summed E-state index contributed by atoms with van der Waals surface area (Å²) < 4.78 is 6.06. The van der Waals surface area contributed by atoms with E-state index in [9.17, 15) is 0 Å². The third-order valence-electron chi connectivity index (χ3n) is 4.37. The number of fused-ring (bicyclic) bond motifs is 3. The molecule has 0 saturated carbocycles. The van der Waals surface area contributed by atoms with Crippen molar-refractivity contribution >= 4 is 27.6 Å². The van der Waals surface area contributed by atoms with Crippen LogP contribution in [0.3, 0.4) is 0 Å². The SMILES string of the molecule is Cc1ccc(CNc2cccc3c2oc2ccccc23)c(C)c1. The summed E-state index contributed by atoms with van der Waals surface area (Å²) in [5.41, 5.74) is 6.82. The van der Waals surface area contributed by atoms with Gasteiger partial charge >= 0.3 is 0 Å². The first-order valence-electron chi connectivity index (χ1n) is 7.92. The number of benzene rings is 3. The van der Waals surface area contributed by atoms with Crippen molar-refractivity contribution in [3.05, 3.63) is 77.4 Å². The second-order valence-electron chi connectivity index (χ2n) is 6.06.